The summed E-state index contributed by atoms with van der Waals surface area (Å²) in [5, 5.41) is 4.31. The second-order valence-corrected chi connectivity index (χ2v) is 6.96. The Labute approximate surface area is 132 Å². The molecule has 0 heterocycles. The molecule has 0 saturated heterocycles. The van der Waals surface area contributed by atoms with E-state index in [-0.39, 0.29) is 17.1 Å². The van der Waals surface area contributed by atoms with Crippen molar-refractivity contribution in [2.24, 2.45) is 0 Å². The summed E-state index contributed by atoms with van der Waals surface area (Å²) in [5.41, 5.74) is 0. The van der Waals surface area contributed by atoms with E-state index >= 15 is 0 Å². The summed E-state index contributed by atoms with van der Waals surface area (Å²) in [5.74, 6) is 0. The third-order valence-electron chi connectivity index (χ3n) is 3.19. The smallest absolute Gasteiger partial charge is 0.0620 e. The molecule has 100 valence electrons. The molecule has 0 saturated carbocycles. The maximum atomic E-state index is 2.24. The van der Waals surface area contributed by atoms with E-state index in [4.69, 9.17) is 0 Å². The minimum atomic E-state index is -0.877. The van der Waals surface area contributed by atoms with Crippen LogP contribution in [0.5, 0.6) is 0 Å². The molecule has 0 spiro atoms. The molecule has 20 heavy (non-hydrogen) atoms. The van der Waals surface area contributed by atoms with Crippen LogP contribution >= 0.6 is 7.92 Å². The second kappa shape index (κ2) is 7.41. The third kappa shape index (κ3) is 3.38. The molecule has 0 amide bonds. The van der Waals surface area contributed by atoms with Crippen molar-refractivity contribution in [1.82, 2.24) is 0 Å². The van der Waals surface area contributed by atoms with Crippen LogP contribution < -0.4 is 15.9 Å². The van der Waals surface area contributed by atoms with Crippen molar-refractivity contribution >= 4 is 23.8 Å². The monoisotopic (exact) mass is 319 g/mol. The molecule has 3 aromatic rings. The van der Waals surface area contributed by atoms with Crippen molar-refractivity contribution < 1.29 is 17.1 Å². The van der Waals surface area contributed by atoms with Crippen LogP contribution in [-0.2, 0) is 17.1 Å². The Morgan fingerprint density at radius 2 is 0.650 bits per heavy atom. The van der Waals surface area contributed by atoms with Gasteiger partial charge in [0.1, 0.15) is 15.9 Å². The normalized spacial score (nSPS) is 10.1. The van der Waals surface area contributed by atoms with Crippen molar-refractivity contribution in [2.75, 3.05) is 0 Å². The Hall–Kier alpha value is -1.39. The molecular weight excluding hydrogens is 303 g/mol. The predicted octanol–water partition coefficient (Wildman–Crippen LogP) is 3.17. The molecule has 2 heteroatoms. The first kappa shape index (κ1) is 15.0. The fourth-order valence-corrected chi connectivity index (χ4v) is 4.89. The molecular formula is C18H16FeP+. The largest absolute Gasteiger partial charge is 0.102 e. The Bertz CT molecular complexity index is 529. The van der Waals surface area contributed by atoms with E-state index in [1.54, 1.807) is 0 Å². The molecule has 0 atom stereocenters. The first-order valence-electron chi connectivity index (χ1n) is 6.48. The number of rotatable bonds is 3. The molecule has 0 fully saturated rings. The van der Waals surface area contributed by atoms with Crippen LogP contribution in [0.3, 0.4) is 0 Å². The van der Waals surface area contributed by atoms with Crippen molar-refractivity contribution in [1.29, 1.82) is 0 Å². The molecule has 0 aliphatic heterocycles. The molecule has 0 nitrogen and oxygen atoms in total. The van der Waals surface area contributed by atoms with Crippen LogP contribution in [0.2, 0.25) is 0 Å². The van der Waals surface area contributed by atoms with Crippen LogP contribution in [0.25, 0.3) is 0 Å². The molecule has 0 aromatic heterocycles. The quantitative estimate of drug-likeness (QED) is 0.514. The van der Waals surface area contributed by atoms with E-state index < -0.39 is 7.92 Å². The molecule has 3 rings (SSSR count). The summed E-state index contributed by atoms with van der Waals surface area (Å²) in [4.78, 5) is 0. The maximum absolute atomic E-state index is 2.24. The van der Waals surface area contributed by atoms with Crippen LogP contribution in [0.1, 0.15) is 0 Å². The minimum Gasteiger partial charge on any atom is -0.0620 e. The first-order valence-corrected chi connectivity index (χ1v) is 7.98. The Balaban J connectivity index is 0.00000147. The van der Waals surface area contributed by atoms with E-state index in [1.807, 2.05) is 0 Å². The van der Waals surface area contributed by atoms with E-state index in [0.29, 0.717) is 0 Å². The van der Waals surface area contributed by atoms with E-state index in [9.17, 15) is 0 Å². The number of hydrogen-bond acceptors (Lipinski definition) is 0. The van der Waals surface area contributed by atoms with E-state index in [2.05, 4.69) is 91.0 Å². The number of benzene rings is 3. The molecule has 0 unspecified atom stereocenters. The molecule has 0 aliphatic rings. The van der Waals surface area contributed by atoms with Crippen molar-refractivity contribution in [3.05, 3.63) is 91.0 Å². The van der Waals surface area contributed by atoms with Gasteiger partial charge in [-0.2, -0.15) is 0 Å². The van der Waals surface area contributed by atoms with Gasteiger partial charge in [0.05, 0.1) is 7.92 Å². The zero-order valence-corrected chi connectivity index (χ0v) is 13.1. The summed E-state index contributed by atoms with van der Waals surface area (Å²) in [6, 6.07) is 32.5. The summed E-state index contributed by atoms with van der Waals surface area (Å²) >= 11 is 0. The SMILES string of the molecule is [Fe].c1ccc([PH+](c2ccccc2)c2ccccc2)cc1. The van der Waals surface area contributed by atoms with E-state index in [1.165, 1.54) is 15.9 Å². The predicted molar refractivity (Wildman–Crippen MR) is 86.5 cm³/mol. The fraction of sp³-hybridized carbons (Fsp3) is 0. The molecule has 0 bridgehead atoms. The van der Waals surface area contributed by atoms with Crippen molar-refractivity contribution in [3.63, 3.8) is 0 Å². The van der Waals surface area contributed by atoms with Crippen molar-refractivity contribution in [3.8, 4) is 0 Å². The van der Waals surface area contributed by atoms with Gasteiger partial charge in [-0.1, -0.05) is 54.6 Å². The third-order valence-corrected chi connectivity index (χ3v) is 5.92. The molecule has 3 aromatic carbocycles. The molecule has 0 radical (unpaired) electrons. The fourth-order valence-electron chi connectivity index (χ4n) is 2.31. The van der Waals surface area contributed by atoms with Gasteiger partial charge in [-0.05, 0) is 36.4 Å². The van der Waals surface area contributed by atoms with Gasteiger partial charge in [0, 0.05) is 17.1 Å². The minimum absolute atomic E-state index is 0. The van der Waals surface area contributed by atoms with Gasteiger partial charge in [-0.25, -0.2) is 0 Å². The average molecular weight is 319 g/mol. The van der Waals surface area contributed by atoms with Gasteiger partial charge < -0.3 is 0 Å². The Morgan fingerprint density at radius 1 is 0.400 bits per heavy atom. The molecule has 0 N–H and O–H groups in total. The van der Waals surface area contributed by atoms with Gasteiger partial charge in [0.2, 0.25) is 0 Å². The molecule has 0 aliphatic carbocycles. The second-order valence-electron chi connectivity index (χ2n) is 4.47. The Kier molecular flexibility index (Phi) is 5.56. The van der Waals surface area contributed by atoms with Crippen LogP contribution in [-0.4, -0.2) is 0 Å². The Morgan fingerprint density at radius 3 is 0.900 bits per heavy atom. The van der Waals surface area contributed by atoms with Crippen LogP contribution in [0.4, 0.5) is 0 Å². The van der Waals surface area contributed by atoms with Crippen LogP contribution in [0.15, 0.2) is 91.0 Å². The standard InChI is InChI=1S/C18H15P.Fe/c1-4-10-16(11-5-1)19(17-12-6-2-7-13-17)18-14-8-3-9-15-18;/h1-15H;/p+1. The number of hydrogen-bond donors (Lipinski definition) is 0. The zero-order chi connectivity index (χ0) is 12.9. The summed E-state index contributed by atoms with van der Waals surface area (Å²) in [7, 11) is -0.877. The van der Waals surface area contributed by atoms with Gasteiger partial charge in [-0.3, -0.25) is 0 Å². The van der Waals surface area contributed by atoms with Crippen molar-refractivity contribution in [2.45, 2.75) is 0 Å². The zero-order valence-electron chi connectivity index (χ0n) is 11.0. The van der Waals surface area contributed by atoms with Crippen LogP contribution in [0, 0.1) is 0 Å². The van der Waals surface area contributed by atoms with Gasteiger partial charge in [0.15, 0.2) is 0 Å². The van der Waals surface area contributed by atoms with Gasteiger partial charge in [0.25, 0.3) is 0 Å². The summed E-state index contributed by atoms with van der Waals surface area (Å²) in [6.45, 7) is 0. The van der Waals surface area contributed by atoms with Gasteiger partial charge >= 0.3 is 0 Å². The maximum Gasteiger partial charge on any atom is 0.102 e. The summed E-state index contributed by atoms with van der Waals surface area (Å²) < 4.78 is 0. The summed E-state index contributed by atoms with van der Waals surface area (Å²) in [6.07, 6.45) is 0. The average Bonchev–Trinajstić information content (AvgIpc) is 2.51. The topological polar surface area (TPSA) is 0 Å². The first-order chi connectivity index (χ1) is 9.45. The van der Waals surface area contributed by atoms with E-state index in [0.717, 1.165) is 0 Å². The van der Waals surface area contributed by atoms with Gasteiger partial charge in [-0.15, -0.1) is 0 Å².